The molecule has 11 heavy (non-hydrogen) atoms. The summed E-state index contributed by atoms with van der Waals surface area (Å²) in [5.74, 6) is 1.12. The van der Waals surface area contributed by atoms with Gasteiger partial charge in [-0.2, -0.15) is 0 Å². The first kappa shape index (κ1) is 10.6. The first-order chi connectivity index (χ1) is 5.16. The number of Topliss-reactive ketones (excluding diaryl/α,β-unsaturated/α-hetero) is 1. The molecule has 0 aromatic heterocycles. The maximum atomic E-state index is 10.2. The first-order valence-corrected chi connectivity index (χ1v) is 4.38. The highest BCUT2D eigenvalue weighted by molar-refractivity contribution is 5.79. The summed E-state index contributed by atoms with van der Waals surface area (Å²) in [6.45, 7) is 5.00. The molecule has 0 radical (unpaired) electrons. The third kappa shape index (κ3) is 7.53. The Morgan fingerprint density at radius 3 is 1.82 bits per heavy atom. The van der Waals surface area contributed by atoms with Crippen molar-refractivity contribution in [2.45, 2.75) is 39.5 Å². The van der Waals surface area contributed by atoms with Crippen LogP contribution in [0.5, 0.6) is 0 Å². The number of nitrogens with two attached hydrogens (primary N) is 1. The van der Waals surface area contributed by atoms with Gasteiger partial charge in [0, 0.05) is 12.8 Å². The Morgan fingerprint density at radius 2 is 1.73 bits per heavy atom. The largest absolute Gasteiger partial charge is 0.330 e. The number of hydrogen-bond acceptors (Lipinski definition) is 2. The number of ketones is 1. The predicted molar refractivity (Wildman–Crippen MR) is 47.4 cm³/mol. The Kier molecular flexibility index (Phi) is 6.13. The van der Waals surface area contributed by atoms with E-state index in [0.29, 0.717) is 11.7 Å². The maximum Gasteiger partial charge on any atom is 0.132 e. The molecule has 0 amide bonds. The molecule has 0 atom stereocenters. The molecule has 1 fully saturated rings. The highest BCUT2D eigenvalue weighted by Crippen LogP contribution is 2.11. The van der Waals surface area contributed by atoms with Gasteiger partial charge in [0.15, 0.2) is 0 Å². The van der Waals surface area contributed by atoms with Crippen LogP contribution in [0.15, 0.2) is 0 Å². The standard InChI is InChI=1S/C5H8O.C4H11N/c6-5-3-1-2-4-5;1-4(2)3-5/h1-4H2;4H,3,5H2,1-2H3. The molecule has 2 N–H and O–H groups in total. The lowest BCUT2D eigenvalue weighted by molar-refractivity contribution is -0.117. The number of carbonyl (C=O) groups is 1. The molecule has 1 rings (SSSR count). The Labute approximate surface area is 69.2 Å². The molecule has 2 nitrogen and oxygen atoms in total. The Bertz CT molecular complexity index is 102. The third-order valence-electron chi connectivity index (χ3n) is 1.63. The van der Waals surface area contributed by atoms with Gasteiger partial charge in [-0.15, -0.1) is 0 Å². The van der Waals surface area contributed by atoms with Crippen LogP contribution in [0.3, 0.4) is 0 Å². The van der Waals surface area contributed by atoms with Crippen molar-refractivity contribution in [3.63, 3.8) is 0 Å². The monoisotopic (exact) mass is 157 g/mol. The summed E-state index contributed by atoms with van der Waals surface area (Å²) in [6.07, 6.45) is 3.97. The van der Waals surface area contributed by atoms with Crippen LogP contribution in [0.4, 0.5) is 0 Å². The summed E-state index contributed by atoms with van der Waals surface area (Å²) in [6, 6.07) is 0. The van der Waals surface area contributed by atoms with Gasteiger partial charge < -0.3 is 5.73 Å². The number of rotatable bonds is 1. The summed E-state index contributed by atoms with van der Waals surface area (Å²) < 4.78 is 0. The second-order valence-electron chi connectivity index (χ2n) is 3.38. The highest BCUT2D eigenvalue weighted by Gasteiger charge is 2.07. The Morgan fingerprint density at radius 1 is 1.36 bits per heavy atom. The fourth-order valence-corrected chi connectivity index (χ4v) is 0.769. The molecule has 2 heteroatoms. The van der Waals surface area contributed by atoms with E-state index >= 15 is 0 Å². The highest BCUT2D eigenvalue weighted by atomic mass is 16.1. The third-order valence-corrected chi connectivity index (χ3v) is 1.63. The molecular formula is C9H19NO. The fraction of sp³-hybridized carbons (Fsp3) is 0.889. The quantitative estimate of drug-likeness (QED) is 0.630. The van der Waals surface area contributed by atoms with E-state index in [-0.39, 0.29) is 0 Å². The van der Waals surface area contributed by atoms with Crippen LogP contribution in [0.25, 0.3) is 0 Å². The molecule has 1 aliphatic rings. The number of hydrogen-bond donors (Lipinski definition) is 1. The molecule has 0 aliphatic heterocycles. The zero-order valence-electron chi connectivity index (χ0n) is 7.60. The van der Waals surface area contributed by atoms with Crippen LogP contribution < -0.4 is 5.73 Å². The van der Waals surface area contributed by atoms with Gasteiger partial charge in [0.25, 0.3) is 0 Å². The van der Waals surface area contributed by atoms with Crippen molar-refractivity contribution in [3.05, 3.63) is 0 Å². The molecule has 0 unspecified atom stereocenters. The van der Waals surface area contributed by atoms with E-state index < -0.39 is 0 Å². The molecule has 0 heterocycles. The van der Waals surface area contributed by atoms with E-state index in [4.69, 9.17) is 5.73 Å². The Hall–Kier alpha value is -0.370. The molecule has 0 aromatic rings. The first-order valence-electron chi connectivity index (χ1n) is 4.38. The smallest absolute Gasteiger partial charge is 0.132 e. The Balaban J connectivity index is 0.000000187. The van der Waals surface area contributed by atoms with Crippen molar-refractivity contribution >= 4 is 5.78 Å². The maximum absolute atomic E-state index is 10.2. The van der Waals surface area contributed by atoms with Crippen molar-refractivity contribution in [1.29, 1.82) is 0 Å². The average molecular weight is 157 g/mol. The van der Waals surface area contributed by atoms with Crippen molar-refractivity contribution in [2.75, 3.05) is 6.54 Å². The molecule has 0 spiro atoms. The van der Waals surface area contributed by atoms with Crippen LogP contribution in [0, 0.1) is 5.92 Å². The van der Waals surface area contributed by atoms with Gasteiger partial charge in [-0.1, -0.05) is 13.8 Å². The minimum Gasteiger partial charge on any atom is -0.330 e. The van der Waals surface area contributed by atoms with Gasteiger partial charge in [0.1, 0.15) is 5.78 Å². The van der Waals surface area contributed by atoms with E-state index in [1.165, 1.54) is 0 Å². The summed E-state index contributed by atoms with van der Waals surface area (Å²) in [5, 5.41) is 0. The zero-order valence-corrected chi connectivity index (χ0v) is 7.60. The van der Waals surface area contributed by atoms with E-state index in [1.54, 1.807) is 0 Å². The van der Waals surface area contributed by atoms with Gasteiger partial charge >= 0.3 is 0 Å². The van der Waals surface area contributed by atoms with Crippen LogP contribution in [-0.4, -0.2) is 12.3 Å². The van der Waals surface area contributed by atoms with Crippen LogP contribution in [0.1, 0.15) is 39.5 Å². The average Bonchev–Trinajstić information content (AvgIpc) is 2.41. The lowest BCUT2D eigenvalue weighted by Crippen LogP contribution is -2.05. The molecule has 0 saturated heterocycles. The molecule has 0 bridgehead atoms. The molecule has 66 valence electrons. The van der Waals surface area contributed by atoms with Gasteiger partial charge in [0.05, 0.1) is 0 Å². The van der Waals surface area contributed by atoms with Crippen molar-refractivity contribution < 1.29 is 4.79 Å². The summed E-state index contributed by atoms with van der Waals surface area (Å²) in [4.78, 5) is 10.2. The van der Waals surface area contributed by atoms with E-state index in [0.717, 1.165) is 32.2 Å². The molecular weight excluding hydrogens is 138 g/mol. The summed E-state index contributed by atoms with van der Waals surface area (Å²) in [7, 11) is 0. The summed E-state index contributed by atoms with van der Waals surface area (Å²) in [5.41, 5.74) is 5.17. The van der Waals surface area contributed by atoms with E-state index in [1.807, 2.05) is 0 Å². The molecule has 1 aliphatic carbocycles. The fourth-order valence-electron chi connectivity index (χ4n) is 0.769. The SMILES string of the molecule is CC(C)CN.O=C1CCCC1. The van der Waals surface area contributed by atoms with Crippen LogP contribution in [0.2, 0.25) is 0 Å². The van der Waals surface area contributed by atoms with Crippen molar-refractivity contribution in [2.24, 2.45) is 11.7 Å². The van der Waals surface area contributed by atoms with Gasteiger partial charge in [-0.3, -0.25) is 4.79 Å². The van der Waals surface area contributed by atoms with Crippen molar-refractivity contribution in [3.8, 4) is 0 Å². The lowest BCUT2D eigenvalue weighted by atomic mass is 10.2. The second-order valence-corrected chi connectivity index (χ2v) is 3.38. The predicted octanol–water partition coefficient (Wildman–Crippen LogP) is 1.73. The molecule has 1 saturated carbocycles. The zero-order chi connectivity index (χ0) is 8.69. The molecule has 0 aromatic carbocycles. The normalized spacial score (nSPS) is 16.5. The minimum absolute atomic E-state index is 0.454. The number of carbonyl (C=O) groups excluding carboxylic acids is 1. The van der Waals surface area contributed by atoms with Crippen LogP contribution in [-0.2, 0) is 4.79 Å². The topological polar surface area (TPSA) is 43.1 Å². The van der Waals surface area contributed by atoms with E-state index in [2.05, 4.69) is 13.8 Å². The second kappa shape index (κ2) is 6.35. The van der Waals surface area contributed by atoms with Gasteiger partial charge in [-0.05, 0) is 25.3 Å². The van der Waals surface area contributed by atoms with Gasteiger partial charge in [-0.25, -0.2) is 0 Å². The lowest BCUT2D eigenvalue weighted by Gasteiger charge is -1.91. The van der Waals surface area contributed by atoms with Crippen molar-refractivity contribution in [1.82, 2.24) is 0 Å². The summed E-state index contributed by atoms with van der Waals surface area (Å²) >= 11 is 0. The van der Waals surface area contributed by atoms with E-state index in [9.17, 15) is 4.79 Å². The minimum atomic E-state index is 0.454. The van der Waals surface area contributed by atoms with Crippen LogP contribution >= 0.6 is 0 Å². The van der Waals surface area contributed by atoms with Gasteiger partial charge in [0.2, 0.25) is 0 Å².